The Hall–Kier alpha value is -2.25. The van der Waals surface area contributed by atoms with E-state index in [1.165, 1.54) is 0 Å². The van der Waals surface area contributed by atoms with Gasteiger partial charge in [0.05, 0.1) is 16.8 Å². The molecule has 0 aliphatic carbocycles. The maximum atomic E-state index is 13.6. The lowest BCUT2D eigenvalue weighted by molar-refractivity contribution is -0.120. The van der Waals surface area contributed by atoms with Crippen LogP contribution in [0.5, 0.6) is 5.75 Å². The van der Waals surface area contributed by atoms with Gasteiger partial charge in [0.25, 0.3) is 0 Å². The predicted molar refractivity (Wildman–Crippen MR) is 94.0 cm³/mol. The summed E-state index contributed by atoms with van der Waals surface area (Å²) in [5.74, 6) is -4.41. The van der Waals surface area contributed by atoms with E-state index in [4.69, 9.17) is 16.3 Å². The molecule has 0 aromatic heterocycles. The molecule has 0 radical (unpaired) electrons. The van der Waals surface area contributed by atoms with Gasteiger partial charge < -0.3 is 10.1 Å². The average molecular weight is 387 g/mol. The first-order valence-electron chi connectivity index (χ1n) is 7.83. The van der Waals surface area contributed by atoms with E-state index in [0.29, 0.717) is 17.3 Å². The smallest absolute Gasteiger partial charge is 0.241 e. The lowest BCUT2D eigenvalue weighted by atomic mass is 10.2. The fourth-order valence-electron chi connectivity index (χ4n) is 2.11. The SMILES string of the molecule is CC(C(=O)Nc1ccc(F)c(F)c1F)N(C)CCOc1ccccc1Cl. The number of nitrogens with zero attached hydrogens (tertiary/aromatic N) is 1. The third kappa shape index (κ3) is 4.89. The van der Waals surface area contributed by atoms with Crippen LogP contribution in [0.3, 0.4) is 0 Å². The summed E-state index contributed by atoms with van der Waals surface area (Å²) in [4.78, 5) is 13.9. The summed E-state index contributed by atoms with van der Waals surface area (Å²) in [6.07, 6.45) is 0. The number of hydrogen-bond acceptors (Lipinski definition) is 3. The highest BCUT2D eigenvalue weighted by Gasteiger charge is 2.21. The van der Waals surface area contributed by atoms with Crippen LogP contribution < -0.4 is 10.1 Å². The molecule has 0 heterocycles. The maximum absolute atomic E-state index is 13.6. The summed E-state index contributed by atoms with van der Waals surface area (Å²) >= 11 is 5.99. The van der Waals surface area contributed by atoms with Crippen molar-refractivity contribution in [3.05, 3.63) is 58.9 Å². The minimum Gasteiger partial charge on any atom is -0.491 e. The Morgan fingerprint density at radius 3 is 2.58 bits per heavy atom. The van der Waals surface area contributed by atoms with Gasteiger partial charge in [0, 0.05) is 6.54 Å². The number of carbonyl (C=O) groups is 1. The zero-order valence-electron chi connectivity index (χ0n) is 14.2. The Morgan fingerprint density at radius 1 is 1.19 bits per heavy atom. The zero-order chi connectivity index (χ0) is 19.3. The lowest BCUT2D eigenvalue weighted by Gasteiger charge is -2.24. The van der Waals surface area contributed by atoms with Crippen LogP contribution in [0.2, 0.25) is 5.02 Å². The number of rotatable bonds is 7. The van der Waals surface area contributed by atoms with E-state index in [9.17, 15) is 18.0 Å². The van der Waals surface area contributed by atoms with Crippen molar-refractivity contribution in [2.45, 2.75) is 13.0 Å². The molecule has 1 amide bonds. The normalized spacial score (nSPS) is 12.1. The number of nitrogens with one attached hydrogen (secondary N) is 1. The van der Waals surface area contributed by atoms with Crippen LogP contribution in [0.1, 0.15) is 6.92 Å². The highest BCUT2D eigenvalue weighted by molar-refractivity contribution is 6.32. The molecule has 26 heavy (non-hydrogen) atoms. The van der Waals surface area contributed by atoms with Gasteiger partial charge in [0.1, 0.15) is 12.4 Å². The van der Waals surface area contributed by atoms with Crippen LogP contribution in [0.4, 0.5) is 18.9 Å². The molecule has 0 fully saturated rings. The summed E-state index contributed by atoms with van der Waals surface area (Å²) in [7, 11) is 1.68. The number of carbonyl (C=O) groups excluding carboxylic acids is 1. The average Bonchev–Trinajstić information content (AvgIpc) is 2.63. The fraction of sp³-hybridized carbons (Fsp3) is 0.278. The third-order valence-corrected chi connectivity index (χ3v) is 4.18. The van der Waals surface area contributed by atoms with Gasteiger partial charge in [0.2, 0.25) is 5.91 Å². The van der Waals surface area contributed by atoms with Gasteiger partial charge in [-0.2, -0.15) is 0 Å². The summed E-state index contributed by atoms with van der Waals surface area (Å²) in [5.41, 5.74) is -0.415. The first-order chi connectivity index (χ1) is 12.3. The molecule has 0 spiro atoms. The van der Waals surface area contributed by atoms with Crippen molar-refractivity contribution >= 4 is 23.2 Å². The molecule has 1 atom stereocenters. The molecule has 2 rings (SSSR count). The van der Waals surface area contributed by atoms with E-state index in [1.54, 1.807) is 43.1 Å². The molecule has 8 heteroatoms. The molecule has 140 valence electrons. The number of anilines is 1. The predicted octanol–water partition coefficient (Wildman–Crippen LogP) is 4.10. The van der Waals surface area contributed by atoms with Crippen molar-refractivity contribution in [2.75, 3.05) is 25.5 Å². The number of likely N-dealkylation sites (N-methyl/N-ethyl adjacent to an activating group) is 1. The van der Waals surface area contributed by atoms with E-state index in [-0.39, 0.29) is 6.61 Å². The molecule has 0 bridgehead atoms. The Labute approximate surface area is 154 Å². The molecule has 2 aromatic carbocycles. The third-order valence-electron chi connectivity index (χ3n) is 3.87. The Kier molecular flexibility index (Phi) is 6.88. The highest BCUT2D eigenvalue weighted by Crippen LogP contribution is 2.23. The van der Waals surface area contributed by atoms with E-state index in [1.807, 2.05) is 0 Å². The molecular formula is C18H18ClF3N2O2. The number of amides is 1. The van der Waals surface area contributed by atoms with Crippen molar-refractivity contribution in [3.63, 3.8) is 0 Å². The van der Waals surface area contributed by atoms with Crippen molar-refractivity contribution in [1.82, 2.24) is 4.90 Å². The summed E-state index contributed by atoms with van der Waals surface area (Å²) in [5, 5.41) is 2.73. The summed E-state index contributed by atoms with van der Waals surface area (Å²) < 4.78 is 45.3. The van der Waals surface area contributed by atoms with Gasteiger partial charge in [-0.15, -0.1) is 0 Å². The minimum atomic E-state index is -1.63. The van der Waals surface area contributed by atoms with Gasteiger partial charge >= 0.3 is 0 Å². The number of hydrogen-bond donors (Lipinski definition) is 1. The van der Waals surface area contributed by atoms with Gasteiger partial charge in [-0.05, 0) is 38.2 Å². The maximum Gasteiger partial charge on any atom is 0.241 e. The van der Waals surface area contributed by atoms with Gasteiger partial charge in [0.15, 0.2) is 17.5 Å². The zero-order valence-corrected chi connectivity index (χ0v) is 15.0. The van der Waals surface area contributed by atoms with Crippen molar-refractivity contribution < 1.29 is 22.7 Å². The van der Waals surface area contributed by atoms with Crippen LogP contribution in [0.15, 0.2) is 36.4 Å². The van der Waals surface area contributed by atoms with Gasteiger partial charge in [-0.1, -0.05) is 23.7 Å². The van der Waals surface area contributed by atoms with Crippen molar-refractivity contribution in [1.29, 1.82) is 0 Å². The molecule has 1 unspecified atom stereocenters. The second-order valence-corrected chi connectivity index (χ2v) is 6.05. The van der Waals surface area contributed by atoms with Crippen LogP contribution in [0, 0.1) is 17.5 Å². The van der Waals surface area contributed by atoms with Gasteiger partial charge in [-0.25, -0.2) is 13.2 Å². The molecule has 1 N–H and O–H groups in total. The van der Waals surface area contributed by atoms with E-state index in [0.717, 1.165) is 12.1 Å². The molecule has 0 saturated carbocycles. The standard InChI is InChI=1S/C18H18ClF3N2O2/c1-11(18(25)23-14-8-7-13(20)16(21)17(14)22)24(2)9-10-26-15-6-4-3-5-12(15)19/h3-8,11H,9-10H2,1-2H3,(H,23,25). The number of ether oxygens (including phenoxy) is 1. The number of para-hydroxylation sites is 1. The second-order valence-electron chi connectivity index (χ2n) is 5.65. The molecular weight excluding hydrogens is 369 g/mol. The molecule has 2 aromatic rings. The quantitative estimate of drug-likeness (QED) is 0.728. The van der Waals surface area contributed by atoms with Crippen LogP contribution in [-0.4, -0.2) is 37.0 Å². The van der Waals surface area contributed by atoms with Crippen LogP contribution in [0.25, 0.3) is 0 Å². The number of halogens is 4. The monoisotopic (exact) mass is 386 g/mol. The van der Waals surface area contributed by atoms with E-state index >= 15 is 0 Å². The van der Waals surface area contributed by atoms with Crippen LogP contribution >= 0.6 is 11.6 Å². The van der Waals surface area contributed by atoms with Crippen molar-refractivity contribution in [3.8, 4) is 5.75 Å². The fourth-order valence-corrected chi connectivity index (χ4v) is 2.31. The van der Waals surface area contributed by atoms with Gasteiger partial charge in [-0.3, -0.25) is 9.69 Å². The summed E-state index contributed by atoms with van der Waals surface area (Å²) in [6, 6.07) is 8.07. The van der Waals surface area contributed by atoms with E-state index < -0.39 is 35.1 Å². The topological polar surface area (TPSA) is 41.6 Å². The van der Waals surface area contributed by atoms with Crippen LogP contribution in [-0.2, 0) is 4.79 Å². The Balaban J connectivity index is 1.89. The lowest BCUT2D eigenvalue weighted by Crippen LogP contribution is -2.41. The van der Waals surface area contributed by atoms with Crippen molar-refractivity contribution in [2.24, 2.45) is 0 Å². The molecule has 0 aliphatic heterocycles. The van der Waals surface area contributed by atoms with E-state index in [2.05, 4.69) is 5.32 Å². The largest absolute Gasteiger partial charge is 0.491 e. The highest BCUT2D eigenvalue weighted by atomic mass is 35.5. The molecule has 0 aliphatic rings. The summed E-state index contributed by atoms with van der Waals surface area (Å²) in [6.45, 7) is 2.26. The minimum absolute atomic E-state index is 0.275. The first-order valence-corrected chi connectivity index (χ1v) is 8.21. The first kappa shape index (κ1) is 20.1. The number of benzene rings is 2. The Bertz CT molecular complexity index is 789. The molecule has 0 saturated heterocycles. The Morgan fingerprint density at radius 2 is 1.88 bits per heavy atom. The molecule has 4 nitrogen and oxygen atoms in total. The second kappa shape index (κ2) is 8.91.